The standard InChI is InChI=1S/C17H22F3N3O2S/c18-17(19,20)25-15-3-1-13(2-4-15)21-16(24)23-9-7-22(8-10-23)14-5-11-26-12-6-14/h1-4,14H,5-12H2,(H,21,24). The van der Waals surface area contributed by atoms with Gasteiger partial charge in [-0.05, 0) is 48.6 Å². The summed E-state index contributed by atoms with van der Waals surface area (Å²) >= 11 is 2.00. The van der Waals surface area contributed by atoms with E-state index >= 15 is 0 Å². The molecule has 0 bridgehead atoms. The molecule has 5 nitrogen and oxygen atoms in total. The molecule has 0 atom stereocenters. The molecule has 3 rings (SSSR count). The Labute approximate surface area is 154 Å². The number of rotatable bonds is 3. The van der Waals surface area contributed by atoms with Gasteiger partial charge in [-0.1, -0.05) is 0 Å². The van der Waals surface area contributed by atoms with Crippen LogP contribution in [0.3, 0.4) is 0 Å². The van der Waals surface area contributed by atoms with Gasteiger partial charge in [-0.15, -0.1) is 13.2 Å². The number of nitrogens with one attached hydrogen (secondary N) is 1. The number of hydrogen-bond acceptors (Lipinski definition) is 4. The molecule has 2 amide bonds. The number of carbonyl (C=O) groups excluding carboxylic acids is 1. The van der Waals surface area contributed by atoms with Crippen molar-refractivity contribution in [1.29, 1.82) is 0 Å². The quantitative estimate of drug-likeness (QED) is 0.858. The van der Waals surface area contributed by atoms with E-state index in [1.54, 1.807) is 4.90 Å². The van der Waals surface area contributed by atoms with Gasteiger partial charge in [0, 0.05) is 37.9 Å². The van der Waals surface area contributed by atoms with Gasteiger partial charge in [-0.3, -0.25) is 4.90 Å². The van der Waals surface area contributed by atoms with Crippen LogP contribution in [0.2, 0.25) is 0 Å². The summed E-state index contributed by atoms with van der Waals surface area (Å²) in [7, 11) is 0. The minimum absolute atomic E-state index is 0.228. The van der Waals surface area contributed by atoms with Crippen LogP contribution >= 0.6 is 11.8 Å². The molecule has 0 aromatic heterocycles. The van der Waals surface area contributed by atoms with Crippen molar-refractivity contribution in [2.24, 2.45) is 0 Å². The van der Waals surface area contributed by atoms with Crippen molar-refractivity contribution < 1.29 is 22.7 Å². The Morgan fingerprint density at radius 3 is 2.27 bits per heavy atom. The Bertz CT molecular complexity index is 598. The Balaban J connectivity index is 1.46. The van der Waals surface area contributed by atoms with E-state index in [0.29, 0.717) is 24.8 Å². The summed E-state index contributed by atoms with van der Waals surface area (Å²) in [6.07, 6.45) is -2.30. The number of amides is 2. The number of nitrogens with zero attached hydrogens (tertiary/aromatic N) is 2. The average molecular weight is 389 g/mol. The van der Waals surface area contributed by atoms with Gasteiger partial charge in [0.2, 0.25) is 0 Å². The van der Waals surface area contributed by atoms with Gasteiger partial charge in [0.25, 0.3) is 0 Å². The second kappa shape index (κ2) is 8.39. The number of carbonyl (C=O) groups is 1. The third-order valence-electron chi connectivity index (χ3n) is 4.65. The largest absolute Gasteiger partial charge is 0.573 e. The van der Waals surface area contributed by atoms with Crippen LogP contribution in [0.4, 0.5) is 23.7 Å². The van der Waals surface area contributed by atoms with Crippen molar-refractivity contribution in [3.05, 3.63) is 24.3 Å². The monoisotopic (exact) mass is 389 g/mol. The molecule has 1 aromatic rings. The average Bonchev–Trinajstić information content (AvgIpc) is 2.63. The van der Waals surface area contributed by atoms with Crippen molar-refractivity contribution in [1.82, 2.24) is 9.80 Å². The van der Waals surface area contributed by atoms with E-state index < -0.39 is 6.36 Å². The summed E-state index contributed by atoms with van der Waals surface area (Å²) in [5, 5.41) is 2.72. The number of alkyl halides is 3. The Hall–Kier alpha value is -1.61. The van der Waals surface area contributed by atoms with E-state index in [2.05, 4.69) is 15.0 Å². The van der Waals surface area contributed by atoms with Gasteiger partial charge < -0.3 is 15.0 Å². The lowest BCUT2D eigenvalue weighted by atomic mass is 10.1. The summed E-state index contributed by atoms with van der Waals surface area (Å²) in [5.74, 6) is 2.11. The lowest BCUT2D eigenvalue weighted by Crippen LogP contribution is -2.53. The van der Waals surface area contributed by atoms with E-state index in [1.807, 2.05) is 11.8 Å². The van der Waals surface area contributed by atoms with Gasteiger partial charge in [0.15, 0.2) is 0 Å². The van der Waals surface area contributed by atoms with E-state index in [1.165, 1.54) is 48.6 Å². The third-order valence-corrected chi connectivity index (χ3v) is 5.70. The Kier molecular flexibility index (Phi) is 6.18. The van der Waals surface area contributed by atoms with E-state index in [4.69, 9.17) is 0 Å². The Morgan fingerprint density at radius 1 is 1.08 bits per heavy atom. The zero-order chi connectivity index (χ0) is 18.6. The number of hydrogen-bond donors (Lipinski definition) is 1. The number of ether oxygens (including phenoxy) is 1. The molecule has 144 valence electrons. The number of piperazine rings is 1. The molecule has 26 heavy (non-hydrogen) atoms. The van der Waals surface area contributed by atoms with Crippen molar-refractivity contribution >= 4 is 23.5 Å². The highest BCUT2D eigenvalue weighted by Crippen LogP contribution is 2.25. The first kappa shape index (κ1) is 19.2. The van der Waals surface area contributed by atoms with Crippen LogP contribution in [0.1, 0.15) is 12.8 Å². The fourth-order valence-electron chi connectivity index (χ4n) is 3.28. The number of thioether (sulfide) groups is 1. The summed E-state index contributed by atoms with van der Waals surface area (Å²) in [5.41, 5.74) is 0.441. The molecular formula is C17H22F3N3O2S. The molecule has 0 radical (unpaired) electrons. The van der Waals surface area contributed by atoms with Crippen molar-refractivity contribution in [3.63, 3.8) is 0 Å². The number of benzene rings is 1. The number of anilines is 1. The highest BCUT2D eigenvalue weighted by atomic mass is 32.2. The molecule has 0 saturated carbocycles. The molecular weight excluding hydrogens is 367 g/mol. The highest BCUT2D eigenvalue weighted by Gasteiger charge is 2.31. The molecule has 0 unspecified atom stereocenters. The molecule has 2 heterocycles. The van der Waals surface area contributed by atoms with Gasteiger partial charge in [0.05, 0.1) is 0 Å². The molecule has 1 N–H and O–H groups in total. The minimum Gasteiger partial charge on any atom is -0.406 e. The molecule has 2 aliphatic heterocycles. The second-order valence-corrected chi connectivity index (χ2v) is 7.59. The van der Waals surface area contributed by atoms with Crippen LogP contribution < -0.4 is 10.1 Å². The third kappa shape index (κ3) is 5.44. The van der Waals surface area contributed by atoms with Gasteiger partial charge in [-0.2, -0.15) is 11.8 Å². The van der Waals surface area contributed by atoms with Crippen LogP contribution in [-0.2, 0) is 0 Å². The summed E-state index contributed by atoms with van der Waals surface area (Å²) in [6.45, 7) is 3.04. The lowest BCUT2D eigenvalue weighted by Gasteiger charge is -2.40. The maximum absolute atomic E-state index is 12.3. The first-order valence-electron chi connectivity index (χ1n) is 8.64. The van der Waals surface area contributed by atoms with Gasteiger partial charge >= 0.3 is 12.4 Å². The van der Waals surface area contributed by atoms with Crippen molar-refractivity contribution in [3.8, 4) is 5.75 Å². The zero-order valence-corrected chi connectivity index (χ0v) is 15.1. The number of urea groups is 1. The fraction of sp³-hybridized carbons (Fsp3) is 0.588. The topological polar surface area (TPSA) is 44.8 Å². The van der Waals surface area contributed by atoms with Gasteiger partial charge in [-0.25, -0.2) is 4.79 Å². The predicted molar refractivity (Wildman–Crippen MR) is 95.6 cm³/mol. The van der Waals surface area contributed by atoms with Crippen molar-refractivity contribution in [2.75, 3.05) is 43.0 Å². The molecule has 0 spiro atoms. The predicted octanol–water partition coefficient (Wildman–Crippen LogP) is 3.63. The SMILES string of the molecule is O=C(Nc1ccc(OC(F)(F)F)cc1)N1CCN(C2CCSCC2)CC1. The molecule has 0 aliphatic carbocycles. The molecule has 2 aliphatic rings. The molecule has 2 saturated heterocycles. The zero-order valence-electron chi connectivity index (χ0n) is 14.3. The fourth-order valence-corrected chi connectivity index (χ4v) is 4.36. The first-order chi connectivity index (χ1) is 12.4. The summed E-state index contributed by atoms with van der Waals surface area (Å²) in [6, 6.07) is 5.56. The van der Waals surface area contributed by atoms with E-state index in [0.717, 1.165) is 13.1 Å². The van der Waals surface area contributed by atoms with Crippen LogP contribution in [0, 0.1) is 0 Å². The van der Waals surface area contributed by atoms with E-state index in [-0.39, 0.29) is 11.8 Å². The second-order valence-electron chi connectivity index (χ2n) is 6.37. The van der Waals surface area contributed by atoms with Crippen molar-refractivity contribution in [2.45, 2.75) is 25.2 Å². The molecule has 1 aromatic carbocycles. The summed E-state index contributed by atoms with van der Waals surface area (Å²) < 4.78 is 40.3. The normalized spacial score (nSPS) is 20.0. The lowest BCUT2D eigenvalue weighted by molar-refractivity contribution is -0.274. The highest BCUT2D eigenvalue weighted by molar-refractivity contribution is 7.99. The maximum Gasteiger partial charge on any atom is 0.573 e. The van der Waals surface area contributed by atoms with E-state index in [9.17, 15) is 18.0 Å². The molecule has 2 fully saturated rings. The molecule has 9 heteroatoms. The maximum atomic E-state index is 12.3. The first-order valence-corrected chi connectivity index (χ1v) is 9.80. The number of halogens is 3. The summed E-state index contributed by atoms with van der Waals surface area (Å²) in [4.78, 5) is 16.6. The van der Waals surface area contributed by atoms with Gasteiger partial charge in [0.1, 0.15) is 5.75 Å². The van der Waals surface area contributed by atoms with Crippen LogP contribution in [-0.4, -0.2) is 65.9 Å². The minimum atomic E-state index is -4.72. The smallest absolute Gasteiger partial charge is 0.406 e. The van der Waals surface area contributed by atoms with Crippen LogP contribution in [0.15, 0.2) is 24.3 Å². The Morgan fingerprint density at radius 2 is 1.69 bits per heavy atom. The van der Waals surface area contributed by atoms with Crippen LogP contribution in [0.5, 0.6) is 5.75 Å². The van der Waals surface area contributed by atoms with Crippen LogP contribution in [0.25, 0.3) is 0 Å².